The van der Waals surface area contributed by atoms with Crippen molar-refractivity contribution in [3.8, 4) is 6.07 Å². The van der Waals surface area contributed by atoms with Crippen LogP contribution in [0.4, 0.5) is 0 Å². The highest BCUT2D eigenvalue weighted by atomic mass is 16.1. The van der Waals surface area contributed by atoms with E-state index in [0.29, 0.717) is 5.56 Å². The third kappa shape index (κ3) is 1.68. The van der Waals surface area contributed by atoms with Crippen LogP contribution in [0.15, 0.2) is 11.0 Å². The zero-order valence-corrected chi connectivity index (χ0v) is 9.05. The molecular formula is C12H14N2O. The number of hydrogen-bond donors (Lipinski definition) is 1. The molecule has 1 aliphatic rings. The molecule has 0 aliphatic heterocycles. The minimum absolute atomic E-state index is 0.0282. The van der Waals surface area contributed by atoms with Crippen LogP contribution in [0, 0.1) is 16.7 Å². The fraction of sp³-hybridized carbons (Fsp3) is 0.500. The molecule has 2 rings (SSSR count). The Morgan fingerprint density at radius 3 is 2.87 bits per heavy atom. The molecule has 1 aliphatic carbocycles. The first-order valence-electron chi connectivity index (χ1n) is 5.17. The van der Waals surface area contributed by atoms with Crippen molar-refractivity contribution in [2.75, 3.05) is 0 Å². The Balaban J connectivity index is 2.62. The second-order valence-electron chi connectivity index (χ2n) is 4.94. The number of nitrogens with zero attached hydrogens (tertiary/aromatic N) is 1. The lowest BCUT2D eigenvalue weighted by Gasteiger charge is -2.30. The van der Waals surface area contributed by atoms with Gasteiger partial charge in [-0.05, 0) is 30.2 Å². The summed E-state index contributed by atoms with van der Waals surface area (Å²) in [6.07, 6.45) is 4.16. The van der Waals surface area contributed by atoms with Crippen molar-refractivity contribution in [3.05, 3.63) is 33.2 Å². The molecule has 0 atom stereocenters. The van der Waals surface area contributed by atoms with E-state index in [2.05, 4.69) is 24.9 Å². The van der Waals surface area contributed by atoms with Gasteiger partial charge >= 0.3 is 0 Å². The van der Waals surface area contributed by atoms with Crippen LogP contribution in [0.3, 0.4) is 0 Å². The Morgan fingerprint density at radius 2 is 2.20 bits per heavy atom. The lowest BCUT2D eigenvalue weighted by Crippen LogP contribution is -2.28. The van der Waals surface area contributed by atoms with Gasteiger partial charge in [-0.1, -0.05) is 13.8 Å². The number of aromatic amines is 1. The van der Waals surface area contributed by atoms with Crippen molar-refractivity contribution in [2.45, 2.75) is 33.1 Å². The summed E-state index contributed by atoms with van der Waals surface area (Å²) in [5.74, 6) is 0. The van der Waals surface area contributed by atoms with E-state index < -0.39 is 0 Å². The fourth-order valence-electron chi connectivity index (χ4n) is 2.21. The van der Waals surface area contributed by atoms with Crippen LogP contribution >= 0.6 is 0 Å². The van der Waals surface area contributed by atoms with Crippen LogP contribution < -0.4 is 5.56 Å². The van der Waals surface area contributed by atoms with E-state index in [4.69, 9.17) is 5.26 Å². The molecule has 1 aromatic rings. The first kappa shape index (κ1) is 9.97. The zero-order valence-electron chi connectivity index (χ0n) is 9.05. The summed E-state index contributed by atoms with van der Waals surface area (Å²) in [7, 11) is 0. The summed E-state index contributed by atoms with van der Waals surface area (Å²) in [6.45, 7) is 4.36. The second kappa shape index (κ2) is 3.23. The van der Waals surface area contributed by atoms with E-state index in [1.54, 1.807) is 0 Å². The normalized spacial score (nSPS) is 17.9. The molecule has 0 unspecified atom stereocenters. The number of hydrogen-bond acceptors (Lipinski definition) is 2. The standard InChI is InChI=1S/C12H14N2O/c1-12(2)4-3-9-10(5-12)8(6-13)7-14-11(9)15/h7H,3-5H2,1-2H3,(H,14,15). The summed E-state index contributed by atoms with van der Waals surface area (Å²) >= 11 is 0. The van der Waals surface area contributed by atoms with Crippen molar-refractivity contribution in [1.82, 2.24) is 4.98 Å². The first-order valence-corrected chi connectivity index (χ1v) is 5.17. The molecule has 1 heterocycles. The minimum atomic E-state index is -0.0282. The topological polar surface area (TPSA) is 56.6 Å². The molecule has 0 bridgehead atoms. The summed E-state index contributed by atoms with van der Waals surface area (Å²) < 4.78 is 0. The predicted octanol–water partition coefficient (Wildman–Crippen LogP) is 1.76. The molecule has 0 spiro atoms. The van der Waals surface area contributed by atoms with Gasteiger partial charge in [0.2, 0.25) is 0 Å². The van der Waals surface area contributed by atoms with Gasteiger partial charge in [0.25, 0.3) is 5.56 Å². The highest BCUT2D eigenvalue weighted by Gasteiger charge is 2.28. The van der Waals surface area contributed by atoms with Crippen molar-refractivity contribution in [1.29, 1.82) is 5.26 Å². The summed E-state index contributed by atoms with van der Waals surface area (Å²) in [5.41, 5.74) is 2.56. The lowest BCUT2D eigenvalue weighted by atomic mass is 9.74. The number of H-pyrrole nitrogens is 1. The van der Waals surface area contributed by atoms with E-state index in [-0.39, 0.29) is 11.0 Å². The predicted molar refractivity (Wildman–Crippen MR) is 57.6 cm³/mol. The Morgan fingerprint density at radius 1 is 1.47 bits per heavy atom. The van der Waals surface area contributed by atoms with Crippen LogP contribution in [0.2, 0.25) is 0 Å². The molecule has 1 aromatic heterocycles. The van der Waals surface area contributed by atoms with Gasteiger partial charge < -0.3 is 4.98 Å². The van der Waals surface area contributed by atoms with Gasteiger partial charge in [-0.15, -0.1) is 0 Å². The Bertz CT molecular complexity index is 491. The number of nitriles is 1. The molecule has 3 heteroatoms. The van der Waals surface area contributed by atoms with Crippen molar-refractivity contribution >= 4 is 0 Å². The maximum atomic E-state index is 11.6. The third-order valence-corrected chi connectivity index (χ3v) is 3.14. The van der Waals surface area contributed by atoms with E-state index in [0.717, 1.165) is 30.4 Å². The molecule has 0 saturated heterocycles. The molecule has 3 nitrogen and oxygen atoms in total. The molecule has 15 heavy (non-hydrogen) atoms. The average Bonchev–Trinajstić information content (AvgIpc) is 2.17. The smallest absolute Gasteiger partial charge is 0.251 e. The average molecular weight is 202 g/mol. The van der Waals surface area contributed by atoms with Gasteiger partial charge in [-0.2, -0.15) is 5.26 Å². The van der Waals surface area contributed by atoms with Crippen molar-refractivity contribution in [2.24, 2.45) is 5.41 Å². The number of rotatable bonds is 0. The van der Waals surface area contributed by atoms with Crippen molar-refractivity contribution in [3.63, 3.8) is 0 Å². The van der Waals surface area contributed by atoms with E-state index in [9.17, 15) is 4.79 Å². The zero-order chi connectivity index (χ0) is 11.1. The molecular weight excluding hydrogens is 188 g/mol. The molecule has 0 saturated carbocycles. The van der Waals surface area contributed by atoms with E-state index >= 15 is 0 Å². The lowest BCUT2D eigenvalue weighted by molar-refractivity contribution is 0.314. The highest BCUT2D eigenvalue weighted by molar-refractivity contribution is 5.42. The third-order valence-electron chi connectivity index (χ3n) is 3.14. The molecule has 0 amide bonds. The molecule has 0 radical (unpaired) electrons. The Hall–Kier alpha value is -1.56. The molecule has 0 fully saturated rings. The number of pyridine rings is 1. The van der Waals surface area contributed by atoms with E-state index in [1.807, 2.05) is 0 Å². The minimum Gasteiger partial charge on any atom is -0.328 e. The fourth-order valence-corrected chi connectivity index (χ4v) is 2.21. The van der Waals surface area contributed by atoms with Gasteiger partial charge in [0.1, 0.15) is 6.07 Å². The SMILES string of the molecule is CC1(C)CCc2c(c(C#N)c[nH]c2=O)C1. The summed E-state index contributed by atoms with van der Waals surface area (Å²) in [4.78, 5) is 14.2. The van der Waals surface area contributed by atoms with Gasteiger partial charge in [0, 0.05) is 11.8 Å². The monoisotopic (exact) mass is 202 g/mol. The van der Waals surface area contributed by atoms with Crippen LogP contribution in [0.1, 0.15) is 37.0 Å². The van der Waals surface area contributed by atoms with Gasteiger partial charge in [-0.25, -0.2) is 0 Å². The van der Waals surface area contributed by atoms with E-state index in [1.165, 1.54) is 6.20 Å². The summed E-state index contributed by atoms with van der Waals surface area (Å²) in [6, 6.07) is 2.15. The largest absolute Gasteiger partial charge is 0.328 e. The summed E-state index contributed by atoms with van der Waals surface area (Å²) in [5, 5.41) is 8.98. The van der Waals surface area contributed by atoms with Crippen LogP contribution in [-0.4, -0.2) is 4.98 Å². The molecule has 0 aromatic carbocycles. The van der Waals surface area contributed by atoms with Gasteiger partial charge in [-0.3, -0.25) is 4.79 Å². The first-order chi connectivity index (χ1) is 7.03. The quantitative estimate of drug-likeness (QED) is 0.697. The second-order valence-corrected chi connectivity index (χ2v) is 4.94. The van der Waals surface area contributed by atoms with Gasteiger partial charge in [0.05, 0.1) is 5.56 Å². The Labute approximate surface area is 88.8 Å². The Kier molecular flexibility index (Phi) is 2.15. The molecule has 1 N–H and O–H groups in total. The maximum absolute atomic E-state index is 11.6. The highest BCUT2D eigenvalue weighted by Crippen LogP contribution is 2.34. The van der Waals surface area contributed by atoms with Crippen LogP contribution in [0.25, 0.3) is 0 Å². The van der Waals surface area contributed by atoms with Crippen LogP contribution in [-0.2, 0) is 12.8 Å². The number of aromatic nitrogens is 1. The number of nitrogens with one attached hydrogen (secondary N) is 1. The van der Waals surface area contributed by atoms with Crippen molar-refractivity contribution < 1.29 is 0 Å². The molecule has 78 valence electrons. The van der Waals surface area contributed by atoms with Crippen LogP contribution in [0.5, 0.6) is 0 Å². The number of fused-ring (bicyclic) bond motifs is 1. The maximum Gasteiger partial charge on any atom is 0.251 e. The van der Waals surface area contributed by atoms with Gasteiger partial charge in [0.15, 0.2) is 0 Å².